The fraction of sp³-hybridized carbons (Fsp3) is 0.900. The van der Waals surface area contributed by atoms with Gasteiger partial charge in [0.2, 0.25) is 6.08 Å². The zero-order valence-electron chi connectivity index (χ0n) is 8.71. The smallest absolute Gasteiger partial charge is 0.234 e. The van der Waals surface area contributed by atoms with Gasteiger partial charge >= 0.3 is 0 Å². The zero-order valence-corrected chi connectivity index (χ0v) is 8.71. The Labute approximate surface area is 79.8 Å². The van der Waals surface area contributed by atoms with Crippen LogP contribution in [0.25, 0.3) is 0 Å². The predicted molar refractivity (Wildman–Crippen MR) is 52.5 cm³/mol. The summed E-state index contributed by atoms with van der Waals surface area (Å²) < 4.78 is 0. The van der Waals surface area contributed by atoms with Gasteiger partial charge in [-0.2, -0.15) is 0 Å². The highest BCUT2D eigenvalue weighted by atomic mass is 16.1. The summed E-state index contributed by atoms with van der Waals surface area (Å²) in [6, 6.07) is 0.446. The van der Waals surface area contributed by atoms with Gasteiger partial charge < -0.3 is 0 Å². The van der Waals surface area contributed by atoms with Crippen LogP contribution in [0.1, 0.15) is 33.6 Å². The number of carbonyl (C=O) groups excluding carboxylic acids is 1. The summed E-state index contributed by atoms with van der Waals surface area (Å²) in [5, 5.41) is 0. The van der Waals surface area contributed by atoms with Crippen LogP contribution < -0.4 is 0 Å². The van der Waals surface area contributed by atoms with E-state index in [9.17, 15) is 4.79 Å². The third-order valence-corrected chi connectivity index (χ3v) is 2.61. The summed E-state index contributed by atoms with van der Waals surface area (Å²) in [6.07, 6.45) is 3.99. The molecule has 74 valence electrons. The van der Waals surface area contributed by atoms with Crippen molar-refractivity contribution in [3.8, 4) is 0 Å². The van der Waals surface area contributed by atoms with E-state index >= 15 is 0 Å². The van der Waals surface area contributed by atoms with Gasteiger partial charge in [-0.3, -0.25) is 4.90 Å². The van der Waals surface area contributed by atoms with E-state index in [4.69, 9.17) is 0 Å². The minimum absolute atomic E-state index is 0.194. The second-order valence-electron chi connectivity index (χ2n) is 4.59. The molecule has 1 atom stereocenters. The topological polar surface area (TPSA) is 32.7 Å². The Hall–Kier alpha value is -0.660. The molecule has 1 fully saturated rings. The normalized spacial score (nSPS) is 24.4. The summed E-state index contributed by atoms with van der Waals surface area (Å²) in [4.78, 5) is 16.1. The molecule has 0 unspecified atom stereocenters. The summed E-state index contributed by atoms with van der Waals surface area (Å²) in [5.41, 5.74) is 0.194. The third-order valence-electron chi connectivity index (χ3n) is 2.61. The van der Waals surface area contributed by atoms with E-state index in [1.54, 1.807) is 6.08 Å². The van der Waals surface area contributed by atoms with Crippen molar-refractivity contribution in [1.82, 2.24) is 4.90 Å². The minimum atomic E-state index is 0.194. The van der Waals surface area contributed by atoms with E-state index in [0.29, 0.717) is 12.6 Å². The molecule has 0 spiro atoms. The Morgan fingerprint density at radius 3 is 2.77 bits per heavy atom. The zero-order chi connectivity index (χ0) is 9.90. The average molecular weight is 182 g/mol. The van der Waals surface area contributed by atoms with Crippen molar-refractivity contribution in [2.24, 2.45) is 4.99 Å². The van der Waals surface area contributed by atoms with Gasteiger partial charge in [-0.25, -0.2) is 9.79 Å². The number of rotatable bonds is 2. The van der Waals surface area contributed by atoms with E-state index < -0.39 is 0 Å². The van der Waals surface area contributed by atoms with Crippen molar-refractivity contribution in [1.29, 1.82) is 0 Å². The molecule has 1 aliphatic heterocycles. The van der Waals surface area contributed by atoms with Crippen LogP contribution in [0.4, 0.5) is 0 Å². The lowest BCUT2D eigenvalue weighted by Gasteiger charge is -2.36. The van der Waals surface area contributed by atoms with Crippen LogP contribution in [0.2, 0.25) is 0 Å². The monoisotopic (exact) mass is 182 g/mol. The highest BCUT2D eigenvalue weighted by molar-refractivity contribution is 5.33. The van der Waals surface area contributed by atoms with Gasteiger partial charge in [0.25, 0.3) is 0 Å². The molecule has 0 aromatic rings. The maximum absolute atomic E-state index is 10.0. The first-order chi connectivity index (χ1) is 6.05. The summed E-state index contributed by atoms with van der Waals surface area (Å²) in [7, 11) is 0. The van der Waals surface area contributed by atoms with Crippen LogP contribution in [0.15, 0.2) is 4.99 Å². The molecule has 0 radical (unpaired) electrons. The van der Waals surface area contributed by atoms with Crippen LogP contribution in [0.3, 0.4) is 0 Å². The minimum Gasteiger partial charge on any atom is -0.294 e. The van der Waals surface area contributed by atoms with Crippen molar-refractivity contribution >= 4 is 6.08 Å². The largest absolute Gasteiger partial charge is 0.294 e. The molecule has 1 aliphatic rings. The molecular weight excluding hydrogens is 164 g/mol. The van der Waals surface area contributed by atoms with E-state index in [0.717, 1.165) is 13.0 Å². The van der Waals surface area contributed by atoms with Crippen LogP contribution >= 0.6 is 0 Å². The first kappa shape index (κ1) is 10.4. The van der Waals surface area contributed by atoms with Crippen LogP contribution in [0.5, 0.6) is 0 Å². The highest BCUT2D eigenvalue weighted by Gasteiger charge is 2.32. The van der Waals surface area contributed by atoms with E-state index in [-0.39, 0.29) is 5.54 Å². The molecule has 1 heterocycles. The van der Waals surface area contributed by atoms with Crippen LogP contribution in [-0.2, 0) is 4.79 Å². The maximum Gasteiger partial charge on any atom is 0.234 e. The summed E-state index contributed by atoms with van der Waals surface area (Å²) in [5.74, 6) is 0. The summed E-state index contributed by atoms with van der Waals surface area (Å²) >= 11 is 0. The number of aliphatic imine (C=N–C) groups is 1. The number of hydrogen-bond acceptors (Lipinski definition) is 3. The molecule has 0 N–H and O–H groups in total. The van der Waals surface area contributed by atoms with E-state index in [1.807, 2.05) is 0 Å². The number of nitrogens with zero attached hydrogens (tertiary/aromatic N) is 2. The van der Waals surface area contributed by atoms with Gasteiger partial charge in [0.1, 0.15) is 0 Å². The number of isocyanates is 1. The van der Waals surface area contributed by atoms with Crippen molar-refractivity contribution in [2.75, 3.05) is 13.1 Å². The number of likely N-dealkylation sites (tertiary alicyclic amines) is 1. The van der Waals surface area contributed by atoms with Gasteiger partial charge in [-0.05, 0) is 40.2 Å². The fourth-order valence-electron chi connectivity index (χ4n) is 2.05. The molecule has 0 aromatic carbocycles. The van der Waals surface area contributed by atoms with Crippen molar-refractivity contribution in [3.05, 3.63) is 0 Å². The van der Waals surface area contributed by atoms with Crippen molar-refractivity contribution in [2.45, 2.75) is 45.2 Å². The molecule has 1 rings (SSSR count). The highest BCUT2D eigenvalue weighted by Crippen LogP contribution is 2.26. The Morgan fingerprint density at radius 2 is 2.23 bits per heavy atom. The lowest BCUT2D eigenvalue weighted by molar-refractivity contribution is 0.125. The Balaban J connectivity index is 2.58. The van der Waals surface area contributed by atoms with Crippen molar-refractivity contribution < 1.29 is 4.79 Å². The Bertz CT molecular complexity index is 213. The van der Waals surface area contributed by atoms with Gasteiger partial charge in [-0.15, -0.1) is 0 Å². The molecular formula is C10H18N2O. The predicted octanol–water partition coefficient (Wildman–Crippen LogP) is 1.59. The van der Waals surface area contributed by atoms with Gasteiger partial charge in [0, 0.05) is 11.6 Å². The third kappa shape index (κ3) is 2.64. The Morgan fingerprint density at radius 1 is 1.54 bits per heavy atom. The average Bonchev–Trinajstić information content (AvgIpc) is 2.47. The fourth-order valence-corrected chi connectivity index (χ4v) is 2.05. The molecule has 1 saturated heterocycles. The quantitative estimate of drug-likeness (QED) is 0.480. The van der Waals surface area contributed by atoms with E-state index in [2.05, 4.69) is 30.7 Å². The molecule has 13 heavy (non-hydrogen) atoms. The van der Waals surface area contributed by atoms with E-state index in [1.165, 1.54) is 6.42 Å². The standard InChI is InChI=1S/C10H18N2O/c1-10(2,3)12-6-4-5-9(12)7-11-8-13/h9H,4-7H2,1-3H3/t9-/m0/s1. The first-order valence-corrected chi connectivity index (χ1v) is 4.86. The van der Waals surface area contributed by atoms with Crippen LogP contribution in [-0.4, -0.2) is 35.7 Å². The van der Waals surface area contributed by atoms with Gasteiger partial charge in [0.15, 0.2) is 0 Å². The first-order valence-electron chi connectivity index (χ1n) is 4.86. The second-order valence-corrected chi connectivity index (χ2v) is 4.59. The molecule has 0 aliphatic carbocycles. The van der Waals surface area contributed by atoms with Gasteiger partial charge in [0.05, 0.1) is 6.54 Å². The van der Waals surface area contributed by atoms with Gasteiger partial charge in [-0.1, -0.05) is 0 Å². The SMILES string of the molecule is CC(C)(C)N1CCC[C@H]1CN=C=O. The molecule has 0 saturated carbocycles. The van der Waals surface area contributed by atoms with Crippen molar-refractivity contribution in [3.63, 3.8) is 0 Å². The molecule has 0 bridgehead atoms. The molecule has 3 heteroatoms. The lowest BCUT2D eigenvalue weighted by atomic mass is 10.0. The van der Waals surface area contributed by atoms with Crippen LogP contribution in [0, 0.1) is 0 Å². The maximum atomic E-state index is 10.0. The number of hydrogen-bond donors (Lipinski definition) is 0. The second kappa shape index (κ2) is 4.03. The lowest BCUT2D eigenvalue weighted by Crippen LogP contribution is -2.45. The molecule has 0 aromatic heterocycles. The molecule has 3 nitrogen and oxygen atoms in total. The summed E-state index contributed by atoms with van der Waals surface area (Å²) in [6.45, 7) is 8.35. The Kier molecular flexibility index (Phi) is 3.23. The molecule has 0 amide bonds.